The van der Waals surface area contributed by atoms with E-state index in [2.05, 4.69) is 51.0 Å². The summed E-state index contributed by atoms with van der Waals surface area (Å²) in [4.78, 5) is 27.4. The molecule has 9 heteroatoms. The van der Waals surface area contributed by atoms with Crippen LogP contribution >= 0.6 is 23.1 Å². The summed E-state index contributed by atoms with van der Waals surface area (Å²) in [5.41, 5.74) is 4.48. The second-order valence-corrected chi connectivity index (χ2v) is 11.2. The largest absolute Gasteiger partial charge is 0.480 e. The van der Waals surface area contributed by atoms with Gasteiger partial charge in [0.1, 0.15) is 4.75 Å². The molecule has 182 valence electrons. The first-order valence-corrected chi connectivity index (χ1v) is 13.0. The Morgan fingerprint density at radius 1 is 1.12 bits per heavy atom. The normalized spacial score (nSPS) is 11.5. The second kappa shape index (κ2) is 12.3. The Labute approximate surface area is 209 Å². The standard InChI is InChI=1S/C25H32N4O3S2/c1-5-18-14-26-23(27-15-18)29(16-20-8-6-19(7-9-20)11-13-32-4)12-10-21-17-33-24(28-21)34-25(2,3)22(30)31/h6-9,14-15,17H,5,10-13,16H2,1-4H3,(H,30,31). The summed E-state index contributed by atoms with van der Waals surface area (Å²) in [6.07, 6.45) is 6.28. The van der Waals surface area contributed by atoms with E-state index >= 15 is 0 Å². The fourth-order valence-corrected chi connectivity index (χ4v) is 5.38. The van der Waals surface area contributed by atoms with Crippen molar-refractivity contribution in [3.8, 4) is 0 Å². The molecule has 0 atom stereocenters. The quantitative estimate of drug-likeness (QED) is 0.332. The van der Waals surface area contributed by atoms with Gasteiger partial charge in [0, 0.05) is 44.4 Å². The molecule has 0 aliphatic rings. The van der Waals surface area contributed by atoms with Gasteiger partial charge in [-0.2, -0.15) is 0 Å². The Morgan fingerprint density at radius 3 is 2.41 bits per heavy atom. The fourth-order valence-electron chi connectivity index (χ4n) is 3.16. The highest BCUT2D eigenvalue weighted by atomic mass is 32.2. The number of carboxylic acid groups (broad SMARTS) is 1. The molecular weight excluding hydrogens is 468 g/mol. The molecule has 2 heterocycles. The number of aryl methyl sites for hydroxylation is 1. The molecule has 2 aromatic heterocycles. The Bertz CT molecular complexity index is 1050. The summed E-state index contributed by atoms with van der Waals surface area (Å²) < 4.78 is 5.03. The van der Waals surface area contributed by atoms with Crippen LogP contribution in [0.1, 0.15) is 43.2 Å². The molecular formula is C25H32N4O3S2. The van der Waals surface area contributed by atoms with Gasteiger partial charge in [0.05, 0.1) is 12.3 Å². The van der Waals surface area contributed by atoms with Crippen LogP contribution in [-0.2, 0) is 35.3 Å². The predicted molar refractivity (Wildman–Crippen MR) is 138 cm³/mol. The molecule has 3 aromatic rings. The predicted octanol–water partition coefficient (Wildman–Crippen LogP) is 4.89. The molecule has 0 spiro atoms. The van der Waals surface area contributed by atoms with Gasteiger partial charge in [-0.25, -0.2) is 15.0 Å². The molecule has 0 aliphatic carbocycles. The number of carboxylic acids is 1. The van der Waals surface area contributed by atoms with Crippen LogP contribution in [0.4, 0.5) is 5.95 Å². The molecule has 3 rings (SSSR count). The third kappa shape index (κ3) is 7.51. The number of aromatic nitrogens is 3. The number of rotatable bonds is 13. The molecule has 7 nitrogen and oxygen atoms in total. The number of nitrogens with zero attached hydrogens (tertiary/aromatic N) is 4. The lowest BCUT2D eigenvalue weighted by molar-refractivity contribution is -0.138. The van der Waals surface area contributed by atoms with Crippen molar-refractivity contribution < 1.29 is 14.6 Å². The molecule has 0 radical (unpaired) electrons. The van der Waals surface area contributed by atoms with Gasteiger partial charge in [-0.05, 0) is 43.4 Å². The van der Waals surface area contributed by atoms with Crippen LogP contribution in [-0.4, -0.2) is 51.0 Å². The number of ether oxygens (including phenoxy) is 1. The summed E-state index contributed by atoms with van der Waals surface area (Å²) in [6.45, 7) is 7.58. The van der Waals surface area contributed by atoms with E-state index in [1.807, 2.05) is 17.8 Å². The molecule has 1 N–H and O–H groups in total. The Morgan fingerprint density at radius 2 is 1.79 bits per heavy atom. The smallest absolute Gasteiger partial charge is 0.319 e. The summed E-state index contributed by atoms with van der Waals surface area (Å²) in [7, 11) is 1.72. The van der Waals surface area contributed by atoms with Crippen molar-refractivity contribution in [2.75, 3.05) is 25.2 Å². The van der Waals surface area contributed by atoms with E-state index in [0.29, 0.717) is 25.6 Å². The maximum atomic E-state index is 11.4. The molecule has 0 unspecified atom stereocenters. The Kier molecular flexibility index (Phi) is 9.44. The number of methoxy groups -OCH3 is 1. The Balaban J connectivity index is 1.71. The molecule has 0 fully saturated rings. The zero-order chi connectivity index (χ0) is 24.6. The summed E-state index contributed by atoms with van der Waals surface area (Å²) in [5.74, 6) is -0.154. The van der Waals surface area contributed by atoms with Crippen LogP contribution in [0.3, 0.4) is 0 Å². The Hall–Kier alpha value is -2.49. The lowest BCUT2D eigenvalue weighted by Crippen LogP contribution is -2.27. The van der Waals surface area contributed by atoms with Crippen LogP contribution in [0.2, 0.25) is 0 Å². The lowest BCUT2D eigenvalue weighted by Gasteiger charge is -2.22. The summed E-state index contributed by atoms with van der Waals surface area (Å²) in [5, 5.41) is 11.4. The summed E-state index contributed by atoms with van der Waals surface area (Å²) in [6, 6.07) is 8.57. The van der Waals surface area contributed by atoms with Crippen molar-refractivity contribution in [2.45, 2.75) is 55.7 Å². The van der Waals surface area contributed by atoms with E-state index < -0.39 is 10.7 Å². The summed E-state index contributed by atoms with van der Waals surface area (Å²) >= 11 is 2.77. The van der Waals surface area contributed by atoms with Crippen LogP contribution in [0, 0.1) is 0 Å². The van der Waals surface area contributed by atoms with Gasteiger partial charge in [-0.15, -0.1) is 11.3 Å². The minimum Gasteiger partial charge on any atom is -0.480 e. The highest BCUT2D eigenvalue weighted by Gasteiger charge is 2.29. The van der Waals surface area contributed by atoms with Crippen molar-refractivity contribution in [1.82, 2.24) is 15.0 Å². The maximum Gasteiger partial charge on any atom is 0.319 e. The van der Waals surface area contributed by atoms with E-state index in [4.69, 9.17) is 4.74 Å². The van der Waals surface area contributed by atoms with Gasteiger partial charge in [-0.3, -0.25) is 4.79 Å². The average Bonchev–Trinajstić information content (AvgIpc) is 3.27. The first kappa shape index (κ1) is 26.1. The van der Waals surface area contributed by atoms with Crippen LogP contribution in [0.15, 0.2) is 46.4 Å². The van der Waals surface area contributed by atoms with Crippen LogP contribution < -0.4 is 4.90 Å². The van der Waals surface area contributed by atoms with Crippen molar-refractivity contribution in [1.29, 1.82) is 0 Å². The van der Waals surface area contributed by atoms with Crippen molar-refractivity contribution >= 4 is 35.0 Å². The molecule has 34 heavy (non-hydrogen) atoms. The van der Waals surface area contributed by atoms with E-state index in [1.54, 1.807) is 21.0 Å². The molecule has 0 aliphatic heterocycles. The molecule has 0 amide bonds. The number of thiazole rings is 1. The number of carbonyl (C=O) groups is 1. The monoisotopic (exact) mass is 500 g/mol. The van der Waals surface area contributed by atoms with Gasteiger partial charge in [0.15, 0.2) is 4.34 Å². The zero-order valence-corrected chi connectivity index (χ0v) is 21.8. The number of hydrogen-bond acceptors (Lipinski definition) is 8. The molecule has 0 saturated heterocycles. The fraction of sp³-hybridized carbons (Fsp3) is 0.440. The van der Waals surface area contributed by atoms with E-state index in [-0.39, 0.29) is 0 Å². The number of benzene rings is 1. The number of thioether (sulfide) groups is 1. The minimum atomic E-state index is -0.911. The van der Waals surface area contributed by atoms with Crippen molar-refractivity contribution in [3.63, 3.8) is 0 Å². The topological polar surface area (TPSA) is 88.4 Å². The third-order valence-electron chi connectivity index (χ3n) is 5.40. The van der Waals surface area contributed by atoms with E-state index in [1.165, 1.54) is 34.2 Å². The van der Waals surface area contributed by atoms with Gasteiger partial charge in [0.2, 0.25) is 5.95 Å². The van der Waals surface area contributed by atoms with E-state index in [0.717, 1.165) is 34.9 Å². The highest BCUT2D eigenvalue weighted by molar-refractivity contribution is 8.02. The third-order valence-corrected chi connectivity index (χ3v) is 7.57. The first-order chi connectivity index (χ1) is 16.3. The van der Waals surface area contributed by atoms with Gasteiger partial charge >= 0.3 is 5.97 Å². The average molecular weight is 501 g/mol. The number of anilines is 1. The van der Waals surface area contributed by atoms with Crippen LogP contribution in [0.5, 0.6) is 0 Å². The van der Waals surface area contributed by atoms with Gasteiger partial charge in [0.25, 0.3) is 0 Å². The minimum absolute atomic E-state index is 0.688. The van der Waals surface area contributed by atoms with Crippen molar-refractivity contribution in [2.24, 2.45) is 0 Å². The first-order valence-electron chi connectivity index (χ1n) is 11.3. The molecule has 0 bridgehead atoms. The van der Waals surface area contributed by atoms with Gasteiger partial charge < -0.3 is 14.7 Å². The van der Waals surface area contributed by atoms with Gasteiger partial charge in [-0.1, -0.05) is 43.0 Å². The highest BCUT2D eigenvalue weighted by Crippen LogP contribution is 2.34. The molecule has 1 aromatic carbocycles. The van der Waals surface area contributed by atoms with Crippen molar-refractivity contribution in [3.05, 3.63) is 64.4 Å². The zero-order valence-electron chi connectivity index (χ0n) is 20.2. The maximum absolute atomic E-state index is 11.4. The van der Waals surface area contributed by atoms with Crippen LogP contribution in [0.25, 0.3) is 0 Å². The SMILES string of the molecule is CCc1cnc(N(CCc2csc(SC(C)(C)C(=O)O)n2)Cc2ccc(CCOC)cc2)nc1. The molecule has 0 saturated carbocycles. The number of aliphatic carboxylic acids is 1. The lowest BCUT2D eigenvalue weighted by atomic mass is 10.1. The van der Waals surface area contributed by atoms with E-state index in [9.17, 15) is 9.90 Å². The second-order valence-electron chi connectivity index (χ2n) is 8.50. The number of hydrogen-bond donors (Lipinski definition) is 1.